The third kappa shape index (κ3) is 1.83. The lowest BCUT2D eigenvalue weighted by Crippen LogP contribution is -2.49. The largest absolute Gasteiger partial charge is 0.508 e. The van der Waals surface area contributed by atoms with E-state index in [0.717, 1.165) is 12.0 Å². The van der Waals surface area contributed by atoms with Crippen LogP contribution in [0.1, 0.15) is 18.9 Å². The zero-order valence-electron chi connectivity index (χ0n) is 10.6. The third-order valence-corrected chi connectivity index (χ3v) is 3.60. The van der Waals surface area contributed by atoms with Crippen molar-refractivity contribution in [3.8, 4) is 5.75 Å². The van der Waals surface area contributed by atoms with E-state index in [4.69, 9.17) is 5.73 Å². The molecule has 4 nitrogen and oxygen atoms in total. The number of nitrogens with zero attached hydrogens (tertiary/aromatic N) is 2. The molecule has 0 fully saturated rings. The Morgan fingerprint density at radius 2 is 2.17 bits per heavy atom. The fourth-order valence-corrected chi connectivity index (χ4v) is 2.52. The van der Waals surface area contributed by atoms with Crippen LogP contribution in [0.25, 0.3) is 0 Å². The Morgan fingerprint density at radius 3 is 2.72 bits per heavy atom. The monoisotopic (exact) mass is 245 g/mol. The molecule has 96 valence electrons. The maximum atomic E-state index is 9.39. The quantitative estimate of drug-likeness (QED) is 0.795. The van der Waals surface area contributed by atoms with Crippen LogP contribution < -0.4 is 5.73 Å². The summed E-state index contributed by atoms with van der Waals surface area (Å²) in [6.07, 6.45) is 2.73. The number of hydrogen-bond donors (Lipinski definition) is 2. The number of nitrogens with two attached hydrogens (primary N) is 1. The number of rotatable bonds is 4. The van der Waals surface area contributed by atoms with Crippen molar-refractivity contribution in [2.45, 2.75) is 18.9 Å². The molecule has 0 saturated heterocycles. The Labute approximate surface area is 107 Å². The number of guanidine groups is 1. The van der Waals surface area contributed by atoms with Crippen molar-refractivity contribution in [1.29, 1.82) is 0 Å². The van der Waals surface area contributed by atoms with Gasteiger partial charge in [0.2, 0.25) is 0 Å². The van der Waals surface area contributed by atoms with Gasteiger partial charge in [-0.05, 0) is 24.1 Å². The molecule has 4 heteroatoms. The molecule has 18 heavy (non-hydrogen) atoms. The first-order valence-electron chi connectivity index (χ1n) is 6.12. The second-order valence-electron chi connectivity index (χ2n) is 4.51. The molecule has 0 bridgehead atoms. The highest BCUT2D eigenvalue weighted by molar-refractivity contribution is 5.81. The maximum absolute atomic E-state index is 9.39. The summed E-state index contributed by atoms with van der Waals surface area (Å²) >= 11 is 0. The van der Waals surface area contributed by atoms with Crippen LogP contribution in [0, 0.1) is 0 Å². The maximum Gasteiger partial charge on any atom is 0.192 e. The van der Waals surface area contributed by atoms with Crippen LogP contribution in [0.5, 0.6) is 5.75 Å². The Morgan fingerprint density at radius 1 is 1.50 bits per heavy atom. The summed E-state index contributed by atoms with van der Waals surface area (Å²) in [4.78, 5) is 6.45. The van der Waals surface area contributed by atoms with Crippen molar-refractivity contribution in [2.24, 2.45) is 10.7 Å². The summed E-state index contributed by atoms with van der Waals surface area (Å²) in [6.45, 7) is 7.21. The van der Waals surface area contributed by atoms with Crippen LogP contribution in [0.4, 0.5) is 0 Å². The van der Waals surface area contributed by atoms with E-state index < -0.39 is 0 Å². The Hall–Kier alpha value is -1.97. The van der Waals surface area contributed by atoms with E-state index in [2.05, 4.69) is 23.4 Å². The minimum Gasteiger partial charge on any atom is -0.508 e. The number of phenols is 1. The fraction of sp³-hybridized carbons (Fsp3) is 0.357. The first-order valence-corrected chi connectivity index (χ1v) is 6.12. The van der Waals surface area contributed by atoms with E-state index >= 15 is 0 Å². The Balaban J connectivity index is 2.42. The number of hydrogen-bond acceptors (Lipinski definition) is 4. The van der Waals surface area contributed by atoms with E-state index in [-0.39, 0.29) is 11.3 Å². The van der Waals surface area contributed by atoms with Gasteiger partial charge < -0.3 is 15.7 Å². The highest BCUT2D eigenvalue weighted by atomic mass is 16.3. The third-order valence-electron chi connectivity index (χ3n) is 3.60. The van der Waals surface area contributed by atoms with Gasteiger partial charge in [-0.25, -0.2) is 0 Å². The van der Waals surface area contributed by atoms with Gasteiger partial charge >= 0.3 is 0 Å². The zero-order valence-corrected chi connectivity index (χ0v) is 10.6. The van der Waals surface area contributed by atoms with Gasteiger partial charge in [0.15, 0.2) is 5.96 Å². The number of benzene rings is 1. The minimum atomic E-state index is -0.216. The smallest absolute Gasteiger partial charge is 0.192 e. The first-order chi connectivity index (χ1) is 8.64. The van der Waals surface area contributed by atoms with Crippen molar-refractivity contribution in [1.82, 2.24) is 4.90 Å². The molecule has 0 amide bonds. The summed E-state index contributed by atoms with van der Waals surface area (Å²) in [5.74, 6) is 0.831. The average molecular weight is 245 g/mol. The highest BCUT2D eigenvalue weighted by Crippen LogP contribution is 2.36. The topological polar surface area (TPSA) is 61.8 Å². The Kier molecular flexibility index (Phi) is 3.28. The summed E-state index contributed by atoms with van der Waals surface area (Å²) in [5.41, 5.74) is 6.87. The van der Waals surface area contributed by atoms with E-state index in [0.29, 0.717) is 19.0 Å². The standard InChI is InChI=1S/C14H19N3O/c1-3-9-17-13(15)16-10-14(17,4-2)11-5-7-12(18)8-6-11/h3,5-8,18H,1,4,9-10H2,2H3,(H2,15,16). The van der Waals surface area contributed by atoms with Crippen molar-refractivity contribution in [2.75, 3.05) is 13.1 Å². The molecule has 2 rings (SSSR count). The van der Waals surface area contributed by atoms with Gasteiger partial charge in [-0.15, -0.1) is 6.58 Å². The molecule has 0 radical (unpaired) electrons. The normalized spacial score (nSPS) is 22.9. The number of aromatic hydroxyl groups is 1. The molecular formula is C14H19N3O. The molecule has 3 N–H and O–H groups in total. The van der Waals surface area contributed by atoms with E-state index in [9.17, 15) is 5.11 Å². The first kappa shape index (κ1) is 12.5. The molecule has 1 atom stereocenters. The highest BCUT2D eigenvalue weighted by Gasteiger charge is 2.41. The summed E-state index contributed by atoms with van der Waals surface area (Å²) in [6, 6.07) is 7.27. The summed E-state index contributed by atoms with van der Waals surface area (Å²) in [5, 5.41) is 9.39. The Bertz CT molecular complexity index is 466. The lowest BCUT2D eigenvalue weighted by molar-refractivity contribution is 0.210. The molecule has 1 aromatic rings. The van der Waals surface area contributed by atoms with Crippen LogP contribution in [-0.2, 0) is 5.54 Å². The van der Waals surface area contributed by atoms with Gasteiger partial charge in [-0.2, -0.15) is 0 Å². The molecule has 1 aliphatic heterocycles. The molecule has 1 aromatic carbocycles. The summed E-state index contributed by atoms with van der Waals surface area (Å²) < 4.78 is 0. The van der Waals surface area contributed by atoms with Gasteiger partial charge in [0.05, 0.1) is 12.1 Å². The van der Waals surface area contributed by atoms with E-state index in [1.807, 2.05) is 18.2 Å². The van der Waals surface area contributed by atoms with E-state index in [1.54, 1.807) is 12.1 Å². The van der Waals surface area contributed by atoms with E-state index in [1.165, 1.54) is 0 Å². The molecule has 0 saturated carbocycles. The lowest BCUT2D eigenvalue weighted by atomic mass is 9.86. The van der Waals surface area contributed by atoms with Crippen molar-refractivity contribution in [3.05, 3.63) is 42.5 Å². The van der Waals surface area contributed by atoms with Crippen LogP contribution in [-0.4, -0.2) is 29.1 Å². The van der Waals surface area contributed by atoms with Crippen LogP contribution in [0.2, 0.25) is 0 Å². The minimum absolute atomic E-state index is 0.216. The molecule has 1 aliphatic rings. The number of phenolic OH excluding ortho intramolecular Hbond substituents is 1. The van der Waals surface area contributed by atoms with Crippen LogP contribution in [0.3, 0.4) is 0 Å². The lowest BCUT2D eigenvalue weighted by Gasteiger charge is -2.38. The molecular weight excluding hydrogens is 226 g/mol. The van der Waals surface area contributed by atoms with Crippen molar-refractivity contribution < 1.29 is 5.11 Å². The SMILES string of the molecule is C=CCN1C(N)=NCC1(CC)c1ccc(O)cc1. The van der Waals surface area contributed by atoms with Gasteiger partial charge in [0, 0.05) is 6.54 Å². The fourth-order valence-electron chi connectivity index (χ4n) is 2.52. The van der Waals surface area contributed by atoms with Gasteiger partial charge in [0.1, 0.15) is 5.75 Å². The second-order valence-corrected chi connectivity index (χ2v) is 4.51. The molecule has 1 unspecified atom stereocenters. The van der Waals surface area contributed by atoms with Gasteiger partial charge in [-0.3, -0.25) is 4.99 Å². The molecule has 0 spiro atoms. The molecule has 1 heterocycles. The predicted molar refractivity (Wildman–Crippen MR) is 73.5 cm³/mol. The van der Waals surface area contributed by atoms with Crippen molar-refractivity contribution in [3.63, 3.8) is 0 Å². The number of aliphatic imine (C=N–C) groups is 1. The van der Waals surface area contributed by atoms with Gasteiger partial charge in [0.25, 0.3) is 0 Å². The van der Waals surface area contributed by atoms with Crippen LogP contribution >= 0.6 is 0 Å². The van der Waals surface area contributed by atoms with Gasteiger partial charge in [-0.1, -0.05) is 25.1 Å². The predicted octanol–water partition coefficient (Wildman–Crippen LogP) is 1.81. The van der Waals surface area contributed by atoms with Crippen LogP contribution in [0.15, 0.2) is 41.9 Å². The molecule has 0 aromatic heterocycles. The zero-order chi connectivity index (χ0) is 13.2. The van der Waals surface area contributed by atoms with Crippen molar-refractivity contribution >= 4 is 5.96 Å². The average Bonchev–Trinajstić information content (AvgIpc) is 2.70. The summed E-state index contributed by atoms with van der Waals surface area (Å²) in [7, 11) is 0. The second kappa shape index (κ2) is 4.72. The molecule has 0 aliphatic carbocycles.